The van der Waals surface area contributed by atoms with Crippen LogP contribution in [0.3, 0.4) is 0 Å². The van der Waals surface area contributed by atoms with Crippen LogP contribution in [0, 0.1) is 0 Å². The molecule has 0 aliphatic carbocycles. The topological polar surface area (TPSA) is 29.3 Å². The van der Waals surface area contributed by atoms with E-state index in [9.17, 15) is 4.39 Å². The van der Waals surface area contributed by atoms with E-state index >= 15 is 0 Å². The fraction of sp³-hybridized carbons (Fsp3) is 0.455. The fourth-order valence-electron chi connectivity index (χ4n) is 2.01. The zero-order valence-electron chi connectivity index (χ0n) is 8.33. The first kappa shape index (κ1) is 9.46. The van der Waals surface area contributed by atoms with Crippen LogP contribution in [0.15, 0.2) is 24.3 Å². The van der Waals surface area contributed by atoms with Crippen LogP contribution in [0.2, 0.25) is 0 Å². The Morgan fingerprint density at radius 3 is 2.86 bits per heavy atom. The van der Waals surface area contributed by atoms with E-state index in [1.54, 1.807) is 12.1 Å². The first-order valence-corrected chi connectivity index (χ1v) is 4.84. The number of likely N-dealkylation sites (tertiary alicyclic amines) is 1. The van der Waals surface area contributed by atoms with Crippen molar-refractivity contribution < 1.29 is 4.39 Å². The lowest BCUT2D eigenvalue weighted by molar-refractivity contribution is 0.175. The molecule has 1 aromatic rings. The third-order valence-electron chi connectivity index (χ3n) is 2.81. The van der Waals surface area contributed by atoms with Gasteiger partial charge < -0.3 is 10.6 Å². The van der Waals surface area contributed by atoms with Gasteiger partial charge in [0.25, 0.3) is 0 Å². The van der Waals surface area contributed by atoms with Crippen molar-refractivity contribution >= 4 is 5.69 Å². The summed E-state index contributed by atoms with van der Waals surface area (Å²) in [7, 11) is 1.94. The Morgan fingerprint density at radius 1 is 1.50 bits per heavy atom. The molecule has 1 saturated heterocycles. The molecule has 1 heterocycles. The summed E-state index contributed by atoms with van der Waals surface area (Å²) in [6, 6.07) is 7.14. The number of hydrogen-bond donors (Lipinski definition) is 1. The van der Waals surface area contributed by atoms with Crippen LogP contribution in [0.1, 0.15) is 12.0 Å². The molecule has 1 atom stereocenters. The molecule has 2 rings (SSSR count). The Labute approximate surface area is 83.5 Å². The minimum Gasteiger partial charge on any atom is -0.399 e. The number of benzene rings is 1. The van der Waals surface area contributed by atoms with E-state index in [1.165, 1.54) is 0 Å². The summed E-state index contributed by atoms with van der Waals surface area (Å²) in [5.74, 6) is 0. The van der Waals surface area contributed by atoms with Gasteiger partial charge in [0.05, 0.1) is 0 Å². The normalized spacial score (nSPS) is 28.1. The van der Waals surface area contributed by atoms with Crippen LogP contribution in [0.4, 0.5) is 10.1 Å². The molecule has 1 aromatic carbocycles. The molecule has 1 fully saturated rings. The van der Waals surface area contributed by atoms with Crippen LogP contribution >= 0.6 is 0 Å². The summed E-state index contributed by atoms with van der Waals surface area (Å²) < 4.78 is 14.4. The van der Waals surface area contributed by atoms with Crippen LogP contribution in [-0.4, -0.2) is 25.0 Å². The molecule has 1 aliphatic rings. The molecule has 0 amide bonds. The SMILES string of the molecule is CN1CCC(F)(c2cccc(N)c2)C1. The molecule has 3 heteroatoms. The predicted molar refractivity (Wildman–Crippen MR) is 55.8 cm³/mol. The maximum Gasteiger partial charge on any atom is 0.149 e. The number of nitrogens with two attached hydrogens (primary N) is 1. The van der Waals surface area contributed by atoms with E-state index in [0.717, 1.165) is 6.54 Å². The third kappa shape index (κ3) is 1.60. The summed E-state index contributed by atoms with van der Waals surface area (Å²) in [6.07, 6.45) is 0.562. The van der Waals surface area contributed by atoms with E-state index in [0.29, 0.717) is 24.2 Å². The Balaban J connectivity index is 2.30. The second-order valence-electron chi connectivity index (χ2n) is 4.08. The van der Waals surface area contributed by atoms with Gasteiger partial charge in [-0.3, -0.25) is 0 Å². The van der Waals surface area contributed by atoms with E-state index < -0.39 is 5.67 Å². The Hall–Kier alpha value is -1.09. The number of halogens is 1. The molecule has 1 unspecified atom stereocenters. The Bertz CT molecular complexity index is 340. The second-order valence-corrected chi connectivity index (χ2v) is 4.08. The molecule has 14 heavy (non-hydrogen) atoms. The van der Waals surface area contributed by atoms with Gasteiger partial charge in [-0.25, -0.2) is 4.39 Å². The van der Waals surface area contributed by atoms with E-state index in [2.05, 4.69) is 0 Å². The monoisotopic (exact) mass is 194 g/mol. The van der Waals surface area contributed by atoms with Crippen molar-refractivity contribution in [1.82, 2.24) is 4.90 Å². The maximum absolute atomic E-state index is 14.4. The smallest absolute Gasteiger partial charge is 0.149 e. The van der Waals surface area contributed by atoms with Crippen LogP contribution < -0.4 is 5.73 Å². The van der Waals surface area contributed by atoms with Gasteiger partial charge >= 0.3 is 0 Å². The standard InChI is InChI=1S/C11H15FN2/c1-14-6-5-11(12,8-14)9-3-2-4-10(13)7-9/h2-4,7H,5-6,8,13H2,1H3. The summed E-state index contributed by atoms with van der Waals surface area (Å²) in [5, 5.41) is 0. The molecule has 76 valence electrons. The quantitative estimate of drug-likeness (QED) is 0.690. The average molecular weight is 194 g/mol. The Kier molecular flexibility index (Phi) is 2.19. The van der Waals surface area contributed by atoms with E-state index in [-0.39, 0.29) is 0 Å². The van der Waals surface area contributed by atoms with Gasteiger partial charge in [0.15, 0.2) is 0 Å². The van der Waals surface area contributed by atoms with Crippen LogP contribution in [0.25, 0.3) is 0 Å². The molecule has 0 saturated carbocycles. The second kappa shape index (κ2) is 3.24. The maximum atomic E-state index is 14.4. The third-order valence-corrected chi connectivity index (χ3v) is 2.81. The predicted octanol–water partition coefficient (Wildman–Crippen LogP) is 1.77. The first-order valence-electron chi connectivity index (χ1n) is 4.84. The van der Waals surface area contributed by atoms with Crippen LogP contribution in [-0.2, 0) is 5.67 Å². The van der Waals surface area contributed by atoms with Gasteiger partial charge in [-0.1, -0.05) is 12.1 Å². The van der Waals surface area contributed by atoms with E-state index in [4.69, 9.17) is 5.73 Å². The first-order chi connectivity index (χ1) is 6.60. The highest BCUT2D eigenvalue weighted by molar-refractivity contribution is 5.43. The number of nitrogens with zero attached hydrogens (tertiary/aromatic N) is 1. The largest absolute Gasteiger partial charge is 0.399 e. The van der Waals surface area contributed by atoms with Crippen molar-refractivity contribution in [3.63, 3.8) is 0 Å². The number of nitrogen functional groups attached to an aromatic ring is 1. The number of likely N-dealkylation sites (N-methyl/N-ethyl adjacent to an activating group) is 1. The molecule has 0 spiro atoms. The van der Waals surface area contributed by atoms with Gasteiger partial charge in [0.2, 0.25) is 0 Å². The van der Waals surface area contributed by atoms with Crippen molar-refractivity contribution in [1.29, 1.82) is 0 Å². The van der Waals surface area contributed by atoms with E-state index in [1.807, 2.05) is 24.1 Å². The highest BCUT2D eigenvalue weighted by Crippen LogP contribution is 2.35. The van der Waals surface area contributed by atoms with Gasteiger partial charge in [-0.05, 0) is 31.2 Å². The van der Waals surface area contributed by atoms with Crippen molar-refractivity contribution in [3.8, 4) is 0 Å². The van der Waals surface area contributed by atoms with Crippen molar-refractivity contribution in [2.45, 2.75) is 12.1 Å². The zero-order valence-corrected chi connectivity index (χ0v) is 8.33. The molecular formula is C11H15FN2. The molecule has 2 N–H and O–H groups in total. The lowest BCUT2D eigenvalue weighted by Crippen LogP contribution is -2.24. The summed E-state index contributed by atoms with van der Waals surface area (Å²) in [5.41, 5.74) is 5.78. The van der Waals surface area contributed by atoms with Crippen molar-refractivity contribution in [3.05, 3.63) is 29.8 Å². The van der Waals surface area contributed by atoms with Gasteiger partial charge in [-0.15, -0.1) is 0 Å². The zero-order chi connectivity index (χ0) is 10.2. The lowest BCUT2D eigenvalue weighted by atomic mass is 9.95. The highest BCUT2D eigenvalue weighted by atomic mass is 19.1. The molecular weight excluding hydrogens is 179 g/mol. The fourth-order valence-corrected chi connectivity index (χ4v) is 2.01. The molecule has 0 bridgehead atoms. The molecule has 0 aromatic heterocycles. The average Bonchev–Trinajstić information content (AvgIpc) is 2.48. The number of anilines is 1. The number of alkyl halides is 1. The number of hydrogen-bond acceptors (Lipinski definition) is 2. The molecule has 2 nitrogen and oxygen atoms in total. The minimum absolute atomic E-state index is 0.469. The van der Waals surface area contributed by atoms with Crippen molar-refractivity contribution in [2.75, 3.05) is 25.9 Å². The molecule has 0 radical (unpaired) electrons. The van der Waals surface area contributed by atoms with Crippen LogP contribution in [0.5, 0.6) is 0 Å². The van der Waals surface area contributed by atoms with Gasteiger partial charge in [0, 0.05) is 18.8 Å². The lowest BCUT2D eigenvalue weighted by Gasteiger charge is -2.20. The van der Waals surface area contributed by atoms with Gasteiger partial charge in [-0.2, -0.15) is 0 Å². The minimum atomic E-state index is -1.20. The highest BCUT2D eigenvalue weighted by Gasteiger charge is 2.38. The van der Waals surface area contributed by atoms with Crippen molar-refractivity contribution in [2.24, 2.45) is 0 Å². The summed E-state index contributed by atoms with van der Waals surface area (Å²) in [4.78, 5) is 2.00. The molecule has 1 aliphatic heterocycles. The van der Waals surface area contributed by atoms with Gasteiger partial charge in [0.1, 0.15) is 5.67 Å². The summed E-state index contributed by atoms with van der Waals surface area (Å²) >= 11 is 0. The number of rotatable bonds is 1. The summed E-state index contributed by atoms with van der Waals surface area (Å²) in [6.45, 7) is 1.28. The Morgan fingerprint density at radius 2 is 2.29 bits per heavy atom.